The molecule has 0 aromatic heterocycles. The van der Waals surface area contributed by atoms with E-state index in [1.165, 1.54) is 0 Å². The van der Waals surface area contributed by atoms with Crippen molar-refractivity contribution in [2.24, 2.45) is 41.4 Å². The summed E-state index contributed by atoms with van der Waals surface area (Å²) in [7, 11) is 0. The summed E-state index contributed by atoms with van der Waals surface area (Å²) in [6, 6.07) is 0. The molecule has 4 aliphatic rings. The Morgan fingerprint density at radius 2 is 1.05 bits per heavy atom. The van der Waals surface area contributed by atoms with Crippen molar-refractivity contribution in [2.45, 2.75) is 160 Å². The van der Waals surface area contributed by atoms with Crippen LogP contribution >= 0.6 is 0 Å². The summed E-state index contributed by atoms with van der Waals surface area (Å²) in [6.07, 6.45) is 12.2. The molecule has 0 aliphatic heterocycles. The Kier molecular flexibility index (Phi) is 12.1. The molecule has 0 aromatic carbocycles. The maximum atomic E-state index is 15.3. The Morgan fingerprint density at radius 1 is 0.526 bits per heavy atom. The van der Waals surface area contributed by atoms with Gasteiger partial charge in [-0.15, -0.1) is 0 Å². The van der Waals surface area contributed by atoms with Gasteiger partial charge in [-0.2, -0.15) is 0 Å². The van der Waals surface area contributed by atoms with Gasteiger partial charge in [0.1, 0.15) is 24.7 Å². The molecule has 4 saturated carbocycles. The molecular formula is C33H56F4O. The van der Waals surface area contributed by atoms with Crippen LogP contribution in [0, 0.1) is 41.4 Å². The fraction of sp³-hybridized carbons (Fsp3) is 1.00. The first-order valence-electron chi connectivity index (χ1n) is 16.6. The summed E-state index contributed by atoms with van der Waals surface area (Å²) >= 11 is 0. The van der Waals surface area contributed by atoms with Crippen LogP contribution < -0.4 is 0 Å². The van der Waals surface area contributed by atoms with E-state index in [1.54, 1.807) is 0 Å². The summed E-state index contributed by atoms with van der Waals surface area (Å²) in [4.78, 5) is 0. The molecule has 4 fully saturated rings. The third kappa shape index (κ3) is 7.69. The van der Waals surface area contributed by atoms with E-state index in [2.05, 4.69) is 6.92 Å². The summed E-state index contributed by atoms with van der Waals surface area (Å²) in [5, 5.41) is 0. The van der Waals surface area contributed by atoms with Crippen molar-refractivity contribution >= 4 is 0 Å². The first-order chi connectivity index (χ1) is 18.4. The second-order valence-electron chi connectivity index (χ2n) is 13.6. The quantitative estimate of drug-likeness (QED) is 0.186. The van der Waals surface area contributed by atoms with E-state index in [4.69, 9.17) is 4.74 Å². The van der Waals surface area contributed by atoms with Gasteiger partial charge in [0.15, 0.2) is 0 Å². The lowest BCUT2D eigenvalue weighted by atomic mass is 9.66. The van der Waals surface area contributed by atoms with E-state index in [0.29, 0.717) is 23.9 Å². The summed E-state index contributed by atoms with van der Waals surface area (Å²) < 4.78 is 66.2. The Balaban J connectivity index is 1.15. The minimum Gasteiger partial charge on any atom is -0.379 e. The third-order valence-electron chi connectivity index (χ3n) is 11.4. The van der Waals surface area contributed by atoms with E-state index in [9.17, 15) is 4.39 Å². The second kappa shape index (κ2) is 15.1. The van der Waals surface area contributed by atoms with E-state index in [-0.39, 0.29) is 23.7 Å². The Hall–Kier alpha value is -0.320. The number of halogens is 4. The first-order valence-corrected chi connectivity index (χ1v) is 16.6. The highest BCUT2D eigenvalue weighted by Gasteiger charge is 2.45. The van der Waals surface area contributed by atoms with Crippen molar-refractivity contribution in [1.82, 2.24) is 0 Å². The van der Waals surface area contributed by atoms with Gasteiger partial charge >= 0.3 is 0 Å². The van der Waals surface area contributed by atoms with Crippen LogP contribution in [0.1, 0.15) is 129 Å². The zero-order valence-corrected chi connectivity index (χ0v) is 24.3. The zero-order chi connectivity index (χ0) is 27.1. The van der Waals surface area contributed by atoms with Crippen LogP contribution in [0.2, 0.25) is 0 Å². The van der Waals surface area contributed by atoms with Gasteiger partial charge in [-0.25, -0.2) is 17.6 Å². The molecule has 0 spiro atoms. The molecule has 38 heavy (non-hydrogen) atoms. The van der Waals surface area contributed by atoms with Gasteiger partial charge in [-0.05, 0) is 125 Å². The molecule has 0 radical (unpaired) electrons. The third-order valence-corrected chi connectivity index (χ3v) is 11.4. The van der Waals surface area contributed by atoms with E-state index >= 15 is 13.2 Å². The predicted molar refractivity (Wildman–Crippen MR) is 148 cm³/mol. The summed E-state index contributed by atoms with van der Waals surface area (Å²) in [5.41, 5.74) is 0. The fourth-order valence-corrected chi connectivity index (χ4v) is 8.97. The Morgan fingerprint density at radius 3 is 1.58 bits per heavy atom. The number of ether oxygens (including phenoxy) is 1. The van der Waals surface area contributed by atoms with Crippen LogP contribution in [0.3, 0.4) is 0 Å². The van der Waals surface area contributed by atoms with Crippen molar-refractivity contribution in [1.29, 1.82) is 0 Å². The van der Waals surface area contributed by atoms with Crippen LogP contribution in [-0.2, 0) is 4.74 Å². The van der Waals surface area contributed by atoms with Gasteiger partial charge in [0.05, 0.1) is 6.10 Å². The fourth-order valence-electron chi connectivity index (χ4n) is 8.97. The molecule has 8 atom stereocenters. The standard InChI is InChI=1S/C33H56F4O/c1-3-5-6-7-25-16-20-28(32(36)30(25)34)23-11-8-22(9-12-23)10-13-26-17-21-29(33(37)31(26)35)24-14-18-27(19-15-24)38-4-2/h22-33H,3-21H2,1-2H3/t22?,23?,24?,25?,26?,27?,28?,29?,30?,31-,32?,33?/m0/s1. The molecule has 0 saturated heterocycles. The predicted octanol–water partition coefficient (Wildman–Crippen LogP) is 10.2. The number of hydrogen-bond donors (Lipinski definition) is 0. The topological polar surface area (TPSA) is 9.23 Å². The second-order valence-corrected chi connectivity index (χ2v) is 13.6. The smallest absolute Gasteiger partial charge is 0.134 e. The first kappa shape index (κ1) is 30.6. The van der Waals surface area contributed by atoms with Gasteiger partial charge in [0.25, 0.3) is 0 Å². The molecule has 5 heteroatoms. The largest absolute Gasteiger partial charge is 0.379 e. The number of rotatable bonds is 11. The van der Waals surface area contributed by atoms with Gasteiger partial charge < -0.3 is 4.74 Å². The lowest BCUT2D eigenvalue weighted by molar-refractivity contribution is -0.0335. The molecule has 4 rings (SSSR count). The van der Waals surface area contributed by atoms with Gasteiger partial charge in [0.2, 0.25) is 0 Å². The van der Waals surface area contributed by atoms with Crippen molar-refractivity contribution in [3.05, 3.63) is 0 Å². The maximum absolute atomic E-state index is 15.3. The van der Waals surface area contributed by atoms with Crippen LogP contribution in [-0.4, -0.2) is 37.4 Å². The highest BCUT2D eigenvalue weighted by molar-refractivity contribution is 4.94. The SMILES string of the molecule is CCCCCC1CCC(C2CCC(CCC3CCC(C4CCC(OCC)CC4)C(F)[C@H]3F)CC2)C(F)C1F. The molecule has 222 valence electrons. The van der Waals surface area contributed by atoms with E-state index in [0.717, 1.165) is 122 Å². The van der Waals surface area contributed by atoms with Crippen LogP contribution in [0.15, 0.2) is 0 Å². The van der Waals surface area contributed by atoms with Crippen LogP contribution in [0.5, 0.6) is 0 Å². The minimum atomic E-state index is -1.32. The van der Waals surface area contributed by atoms with Crippen molar-refractivity contribution in [2.75, 3.05) is 6.61 Å². The van der Waals surface area contributed by atoms with Crippen molar-refractivity contribution in [3.8, 4) is 0 Å². The van der Waals surface area contributed by atoms with Gasteiger partial charge in [-0.1, -0.05) is 45.4 Å². The number of hydrogen-bond acceptors (Lipinski definition) is 1. The minimum absolute atomic E-state index is 0.0858. The lowest BCUT2D eigenvalue weighted by Gasteiger charge is -2.42. The highest BCUT2D eigenvalue weighted by atomic mass is 19.2. The summed E-state index contributed by atoms with van der Waals surface area (Å²) in [5.74, 6) is 0.678. The van der Waals surface area contributed by atoms with Crippen LogP contribution in [0.4, 0.5) is 17.6 Å². The molecule has 0 amide bonds. The number of unbranched alkanes of at least 4 members (excludes halogenated alkanes) is 2. The summed E-state index contributed by atoms with van der Waals surface area (Å²) in [6.45, 7) is 4.90. The van der Waals surface area contributed by atoms with Crippen LogP contribution in [0.25, 0.3) is 0 Å². The average Bonchev–Trinajstić information content (AvgIpc) is 2.93. The van der Waals surface area contributed by atoms with E-state index in [1.807, 2.05) is 6.92 Å². The van der Waals surface area contributed by atoms with Crippen molar-refractivity contribution < 1.29 is 22.3 Å². The van der Waals surface area contributed by atoms with Gasteiger partial charge in [0, 0.05) is 6.61 Å². The Labute approximate surface area is 230 Å². The van der Waals surface area contributed by atoms with Crippen molar-refractivity contribution in [3.63, 3.8) is 0 Å². The lowest BCUT2D eigenvalue weighted by Crippen LogP contribution is -2.43. The highest BCUT2D eigenvalue weighted by Crippen LogP contribution is 2.47. The molecule has 4 aliphatic carbocycles. The zero-order valence-electron chi connectivity index (χ0n) is 24.3. The number of alkyl halides is 4. The molecule has 0 bridgehead atoms. The molecule has 7 unspecified atom stereocenters. The maximum Gasteiger partial charge on any atom is 0.134 e. The molecular weight excluding hydrogens is 488 g/mol. The monoisotopic (exact) mass is 544 g/mol. The molecule has 0 heterocycles. The average molecular weight is 545 g/mol. The molecule has 1 nitrogen and oxygen atoms in total. The normalized spacial score (nSPS) is 44.7. The molecule has 0 aromatic rings. The van der Waals surface area contributed by atoms with E-state index < -0.39 is 24.7 Å². The van der Waals surface area contributed by atoms with Gasteiger partial charge in [-0.3, -0.25) is 0 Å². The Bertz CT molecular complexity index is 659. The molecule has 0 N–H and O–H groups in total.